The van der Waals surface area contributed by atoms with Crippen LogP contribution in [0.5, 0.6) is 11.5 Å². The summed E-state index contributed by atoms with van der Waals surface area (Å²) in [6, 6.07) is 5.49. The highest BCUT2D eigenvalue weighted by molar-refractivity contribution is 5.98. The van der Waals surface area contributed by atoms with Gasteiger partial charge >= 0.3 is 0 Å². The summed E-state index contributed by atoms with van der Waals surface area (Å²) >= 11 is 0. The van der Waals surface area contributed by atoms with Gasteiger partial charge in [-0.05, 0) is 25.0 Å². The zero-order chi connectivity index (χ0) is 16.4. The number of aromatic nitrogens is 2. The number of carbonyl (C=O) groups is 1. The van der Waals surface area contributed by atoms with Crippen molar-refractivity contribution < 1.29 is 14.3 Å². The van der Waals surface area contributed by atoms with Crippen molar-refractivity contribution in [1.82, 2.24) is 14.9 Å². The van der Waals surface area contributed by atoms with Gasteiger partial charge in [-0.1, -0.05) is 6.07 Å². The average Bonchev–Trinajstić information content (AvgIpc) is 2.68. The molecule has 4 rings (SSSR count). The molecule has 0 saturated carbocycles. The van der Waals surface area contributed by atoms with Gasteiger partial charge in [0.15, 0.2) is 11.5 Å². The highest BCUT2D eigenvalue weighted by Gasteiger charge is 2.28. The van der Waals surface area contributed by atoms with E-state index in [1.54, 1.807) is 12.4 Å². The van der Waals surface area contributed by atoms with Gasteiger partial charge in [0.25, 0.3) is 5.91 Å². The minimum Gasteiger partial charge on any atom is -0.486 e. The molecule has 1 aromatic carbocycles. The van der Waals surface area contributed by atoms with Gasteiger partial charge in [0, 0.05) is 37.6 Å². The molecule has 124 valence electrons. The van der Waals surface area contributed by atoms with Crippen molar-refractivity contribution in [2.45, 2.75) is 18.8 Å². The third kappa shape index (κ3) is 2.79. The SMILES string of the molecule is O=C(c1cccc2c1OCCO2)N1CCC(c2cnccn2)CC1. The van der Waals surface area contributed by atoms with Gasteiger partial charge in [0.2, 0.25) is 0 Å². The van der Waals surface area contributed by atoms with Crippen molar-refractivity contribution in [3.05, 3.63) is 48.0 Å². The number of para-hydroxylation sites is 1. The zero-order valence-electron chi connectivity index (χ0n) is 13.4. The molecule has 0 spiro atoms. The molecule has 2 aliphatic rings. The molecule has 1 fully saturated rings. The number of piperidine rings is 1. The fraction of sp³-hybridized carbons (Fsp3) is 0.389. The van der Waals surface area contributed by atoms with Crippen LogP contribution < -0.4 is 9.47 Å². The number of amides is 1. The Labute approximate surface area is 140 Å². The molecule has 1 aromatic heterocycles. The van der Waals surface area contributed by atoms with Gasteiger partial charge in [-0.25, -0.2) is 0 Å². The molecule has 0 radical (unpaired) electrons. The van der Waals surface area contributed by atoms with Crippen molar-refractivity contribution in [2.24, 2.45) is 0 Å². The van der Waals surface area contributed by atoms with Gasteiger partial charge in [-0.2, -0.15) is 0 Å². The molecule has 6 nitrogen and oxygen atoms in total. The molecule has 3 heterocycles. The minimum atomic E-state index is 0.00921. The molecule has 0 aliphatic carbocycles. The van der Waals surface area contributed by atoms with Crippen molar-refractivity contribution in [1.29, 1.82) is 0 Å². The molecule has 24 heavy (non-hydrogen) atoms. The maximum atomic E-state index is 12.9. The van der Waals surface area contributed by atoms with E-state index in [1.165, 1.54) is 0 Å². The smallest absolute Gasteiger partial charge is 0.257 e. The Morgan fingerprint density at radius 2 is 1.96 bits per heavy atom. The maximum absolute atomic E-state index is 12.9. The fourth-order valence-corrected chi connectivity index (χ4v) is 3.31. The first kappa shape index (κ1) is 14.9. The number of hydrogen-bond acceptors (Lipinski definition) is 5. The van der Waals surface area contributed by atoms with Crippen LogP contribution in [0.25, 0.3) is 0 Å². The van der Waals surface area contributed by atoms with E-state index >= 15 is 0 Å². The van der Waals surface area contributed by atoms with E-state index in [0.29, 0.717) is 49.3 Å². The average molecular weight is 325 g/mol. The zero-order valence-corrected chi connectivity index (χ0v) is 13.4. The number of ether oxygens (including phenoxy) is 2. The lowest BCUT2D eigenvalue weighted by atomic mass is 9.93. The van der Waals surface area contributed by atoms with Crippen molar-refractivity contribution >= 4 is 5.91 Å². The first-order chi connectivity index (χ1) is 11.8. The van der Waals surface area contributed by atoms with E-state index in [1.807, 2.05) is 29.3 Å². The summed E-state index contributed by atoms with van der Waals surface area (Å²) in [7, 11) is 0. The van der Waals surface area contributed by atoms with Gasteiger partial charge in [0.05, 0.1) is 11.3 Å². The second-order valence-electron chi connectivity index (χ2n) is 6.03. The van der Waals surface area contributed by atoms with Crippen LogP contribution in [0.15, 0.2) is 36.8 Å². The molecule has 0 N–H and O–H groups in total. The van der Waals surface area contributed by atoms with Crippen LogP contribution in [-0.2, 0) is 0 Å². The van der Waals surface area contributed by atoms with Gasteiger partial charge in [-0.3, -0.25) is 14.8 Å². The van der Waals surface area contributed by atoms with E-state index in [2.05, 4.69) is 9.97 Å². The Morgan fingerprint density at radius 1 is 1.12 bits per heavy atom. The summed E-state index contributed by atoms with van der Waals surface area (Å²) in [6.07, 6.45) is 7.03. The largest absolute Gasteiger partial charge is 0.486 e. The van der Waals surface area contributed by atoms with Crippen molar-refractivity contribution in [3.63, 3.8) is 0 Å². The Morgan fingerprint density at radius 3 is 2.75 bits per heavy atom. The third-order valence-electron chi connectivity index (χ3n) is 4.58. The predicted octanol–water partition coefficient (Wildman–Crippen LogP) is 2.27. The highest BCUT2D eigenvalue weighted by atomic mass is 16.6. The maximum Gasteiger partial charge on any atom is 0.257 e. The predicted molar refractivity (Wildman–Crippen MR) is 87.3 cm³/mol. The van der Waals surface area contributed by atoms with Crippen LogP contribution in [0.3, 0.4) is 0 Å². The summed E-state index contributed by atoms with van der Waals surface area (Å²) in [5.41, 5.74) is 1.60. The summed E-state index contributed by atoms with van der Waals surface area (Å²) in [5.74, 6) is 1.60. The summed E-state index contributed by atoms with van der Waals surface area (Å²) < 4.78 is 11.2. The molecule has 0 atom stereocenters. The van der Waals surface area contributed by atoms with Crippen molar-refractivity contribution in [2.75, 3.05) is 26.3 Å². The van der Waals surface area contributed by atoms with Gasteiger partial charge in [0.1, 0.15) is 13.2 Å². The lowest BCUT2D eigenvalue weighted by molar-refractivity contribution is 0.0702. The molecule has 1 amide bonds. The Hall–Kier alpha value is -2.63. The first-order valence-electron chi connectivity index (χ1n) is 8.27. The summed E-state index contributed by atoms with van der Waals surface area (Å²) in [4.78, 5) is 23.3. The highest BCUT2D eigenvalue weighted by Crippen LogP contribution is 2.35. The lowest BCUT2D eigenvalue weighted by Crippen LogP contribution is -2.38. The van der Waals surface area contributed by atoms with Crippen LogP contribution in [0.2, 0.25) is 0 Å². The summed E-state index contributed by atoms with van der Waals surface area (Å²) in [6.45, 7) is 2.43. The Bertz CT molecular complexity index is 728. The van der Waals surface area contributed by atoms with Crippen LogP contribution in [-0.4, -0.2) is 47.1 Å². The first-order valence-corrected chi connectivity index (χ1v) is 8.27. The second-order valence-corrected chi connectivity index (χ2v) is 6.03. The topological polar surface area (TPSA) is 64.6 Å². The summed E-state index contributed by atoms with van der Waals surface area (Å²) in [5, 5.41) is 0. The minimum absolute atomic E-state index is 0.00921. The van der Waals surface area contributed by atoms with E-state index < -0.39 is 0 Å². The molecule has 6 heteroatoms. The molecule has 1 saturated heterocycles. The van der Waals surface area contributed by atoms with Crippen LogP contribution in [0, 0.1) is 0 Å². The van der Waals surface area contributed by atoms with Crippen molar-refractivity contribution in [3.8, 4) is 11.5 Å². The van der Waals surface area contributed by atoms with Crippen LogP contribution in [0.1, 0.15) is 34.8 Å². The molecule has 0 bridgehead atoms. The monoisotopic (exact) mass is 325 g/mol. The standard InChI is InChI=1S/C18H19N3O3/c22-18(14-2-1-3-16-17(14)24-11-10-23-16)21-8-4-13(5-9-21)15-12-19-6-7-20-15/h1-3,6-7,12-13H,4-5,8-11H2. The van der Waals surface area contributed by atoms with Gasteiger partial charge < -0.3 is 14.4 Å². The molecule has 2 aliphatic heterocycles. The molecular formula is C18H19N3O3. The number of fused-ring (bicyclic) bond motifs is 1. The number of nitrogens with zero attached hydrogens (tertiary/aromatic N) is 3. The number of rotatable bonds is 2. The molecule has 2 aromatic rings. The Balaban J connectivity index is 1.47. The number of benzene rings is 1. The quantitative estimate of drug-likeness (QED) is 0.847. The van der Waals surface area contributed by atoms with Crippen LogP contribution in [0.4, 0.5) is 0 Å². The number of likely N-dealkylation sites (tertiary alicyclic amines) is 1. The number of hydrogen-bond donors (Lipinski definition) is 0. The fourth-order valence-electron chi connectivity index (χ4n) is 3.31. The molecule has 0 unspecified atom stereocenters. The number of carbonyl (C=O) groups excluding carboxylic acids is 1. The third-order valence-corrected chi connectivity index (χ3v) is 4.58. The normalized spacial score (nSPS) is 17.6. The lowest BCUT2D eigenvalue weighted by Gasteiger charge is -2.32. The molecular weight excluding hydrogens is 306 g/mol. The van der Waals surface area contributed by atoms with Crippen LogP contribution >= 0.6 is 0 Å². The van der Waals surface area contributed by atoms with E-state index in [-0.39, 0.29) is 5.91 Å². The van der Waals surface area contributed by atoms with E-state index in [0.717, 1.165) is 18.5 Å². The van der Waals surface area contributed by atoms with Gasteiger partial charge in [-0.15, -0.1) is 0 Å². The Kier molecular flexibility index (Phi) is 4.02. The van der Waals surface area contributed by atoms with E-state index in [9.17, 15) is 4.79 Å². The second kappa shape index (κ2) is 6.47. The van der Waals surface area contributed by atoms with E-state index in [4.69, 9.17) is 9.47 Å².